The number of anilines is 2. The molecule has 2 aromatic rings. The normalized spacial score (nSPS) is 11.5. The third kappa shape index (κ3) is 4.80. The van der Waals surface area contributed by atoms with Crippen LogP contribution in [0.2, 0.25) is 0 Å². The Hall–Kier alpha value is -2.39. The number of carbonyl (C=O) groups is 1. The van der Waals surface area contributed by atoms with Crippen molar-refractivity contribution >= 4 is 27.6 Å². The van der Waals surface area contributed by atoms with E-state index >= 15 is 0 Å². The molecule has 1 heterocycles. The van der Waals surface area contributed by atoms with Gasteiger partial charge >= 0.3 is 0 Å². The predicted octanol–water partition coefficient (Wildman–Crippen LogP) is 1.20. The average Bonchev–Trinajstić information content (AvgIpc) is 2.91. The van der Waals surface area contributed by atoms with E-state index in [1.54, 1.807) is 17.0 Å². The Morgan fingerprint density at radius 1 is 1.25 bits per heavy atom. The largest absolute Gasteiger partial charge is 0.326 e. The van der Waals surface area contributed by atoms with E-state index in [9.17, 15) is 13.2 Å². The number of benzene rings is 1. The molecule has 8 nitrogen and oxygen atoms in total. The van der Waals surface area contributed by atoms with Crippen LogP contribution in [0.3, 0.4) is 0 Å². The summed E-state index contributed by atoms with van der Waals surface area (Å²) in [6.45, 7) is 2.77. The zero-order valence-electron chi connectivity index (χ0n) is 13.9. The molecular formula is C15H21N5O3S. The van der Waals surface area contributed by atoms with Crippen molar-refractivity contribution in [2.24, 2.45) is 0 Å². The van der Waals surface area contributed by atoms with Gasteiger partial charge in [0.15, 0.2) is 0 Å². The van der Waals surface area contributed by atoms with E-state index in [4.69, 9.17) is 0 Å². The third-order valence-corrected chi connectivity index (χ3v) is 4.56. The van der Waals surface area contributed by atoms with Crippen molar-refractivity contribution in [1.82, 2.24) is 14.5 Å². The molecule has 0 spiro atoms. The molecule has 2 rings (SSSR count). The van der Waals surface area contributed by atoms with Crippen LogP contribution in [0.15, 0.2) is 41.6 Å². The van der Waals surface area contributed by atoms with Gasteiger partial charge < -0.3 is 14.8 Å². The minimum Gasteiger partial charge on any atom is -0.326 e. The molecule has 0 atom stereocenters. The Kier molecular flexibility index (Phi) is 5.58. The average molecular weight is 351 g/mol. The van der Waals surface area contributed by atoms with E-state index in [0.29, 0.717) is 12.2 Å². The number of hydrogen-bond acceptors (Lipinski definition) is 5. The van der Waals surface area contributed by atoms with E-state index in [-0.39, 0.29) is 16.8 Å². The maximum absolute atomic E-state index is 12.5. The molecule has 0 aliphatic heterocycles. The minimum absolute atomic E-state index is 0.0961. The number of likely N-dealkylation sites (N-methyl/N-ethyl adjacent to an activating group) is 1. The summed E-state index contributed by atoms with van der Waals surface area (Å²) in [6.07, 6.45) is 3.27. The van der Waals surface area contributed by atoms with Crippen LogP contribution in [0.5, 0.6) is 0 Å². The van der Waals surface area contributed by atoms with Crippen LogP contribution in [0.4, 0.5) is 11.6 Å². The summed E-state index contributed by atoms with van der Waals surface area (Å²) in [5.41, 5.74) is 0.536. The van der Waals surface area contributed by atoms with Gasteiger partial charge in [0, 0.05) is 38.1 Å². The number of carbonyl (C=O) groups excluding carboxylic acids is 1. The molecule has 0 fully saturated rings. The molecule has 0 saturated carbocycles. The summed E-state index contributed by atoms with van der Waals surface area (Å²) in [5, 5.41) is 2.59. The van der Waals surface area contributed by atoms with Gasteiger partial charge in [-0.25, -0.2) is 18.1 Å². The lowest BCUT2D eigenvalue weighted by Gasteiger charge is -2.13. The molecule has 1 aromatic heterocycles. The second-order valence-electron chi connectivity index (χ2n) is 5.56. The molecule has 24 heavy (non-hydrogen) atoms. The van der Waals surface area contributed by atoms with Crippen LogP contribution in [-0.4, -0.2) is 49.4 Å². The van der Waals surface area contributed by atoms with Crippen molar-refractivity contribution in [3.05, 3.63) is 36.7 Å². The van der Waals surface area contributed by atoms with Crippen LogP contribution in [0.1, 0.15) is 6.92 Å². The Morgan fingerprint density at radius 2 is 1.92 bits per heavy atom. The summed E-state index contributed by atoms with van der Waals surface area (Å²) in [7, 11) is 0.135. The maximum Gasteiger partial charge on any atom is 0.264 e. The first-order valence-corrected chi connectivity index (χ1v) is 8.82. The van der Waals surface area contributed by atoms with Gasteiger partial charge in [0.05, 0.1) is 4.90 Å². The summed E-state index contributed by atoms with van der Waals surface area (Å²) in [6, 6.07) is 5.93. The summed E-state index contributed by atoms with van der Waals surface area (Å²) < 4.78 is 29.1. The van der Waals surface area contributed by atoms with Crippen molar-refractivity contribution in [3.63, 3.8) is 0 Å². The zero-order chi connectivity index (χ0) is 17.7. The van der Waals surface area contributed by atoms with Crippen LogP contribution >= 0.6 is 0 Å². The summed E-state index contributed by atoms with van der Waals surface area (Å²) in [5.74, 6) is 0.0504. The van der Waals surface area contributed by atoms with Gasteiger partial charge in [-0.3, -0.25) is 4.79 Å². The molecule has 2 N–H and O–H groups in total. The minimum atomic E-state index is -3.75. The van der Waals surface area contributed by atoms with Gasteiger partial charge in [-0.15, -0.1) is 0 Å². The maximum atomic E-state index is 12.5. The smallest absolute Gasteiger partial charge is 0.264 e. The molecule has 0 aliphatic carbocycles. The quantitative estimate of drug-likeness (QED) is 0.781. The highest BCUT2D eigenvalue weighted by Gasteiger charge is 2.17. The lowest BCUT2D eigenvalue weighted by molar-refractivity contribution is -0.114. The molecule has 0 bridgehead atoms. The Labute approximate surface area is 141 Å². The van der Waals surface area contributed by atoms with E-state index in [2.05, 4.69) is 15.0 Å². The highest BCUT2D eigenvalue weighted by Crippen LogP contribution is 2.17. The van der Waals surface area contributed by atoms with E-state index in [0.717, 1.165) is 6.54 Å². The molecule has 130 valence electrons. The van der Waals surface area contributed by atoms with Crippen LogP contribution in [-0.2, 0) is 21.4 Å². The molecule has 1 aromatic carbocycles. The lowest BCUT2D eigenvalue weighted by Crippen LogP contribution is -2.21. The lowest BCUT2D eigenvalue weighted by atomic mass is 10.3. The standard InChI is InChI=1S/C15H21N5O3S/c1-12(21)17-13-4-6-14(7-5-13)24(22,23)18-15-16-8-9-20(15)11-10-19(2)3/h4-9H,10-11H2,1-3H3,(H,16,18)(H,17,21). The second kappa shape index (κ2) is 7.45. The highest BCUT2D eigenvalue weighted by molar-refractivity contribution is 7.92. The fourth-order valence-corrected chi connectivity index (χ4v) is 3.02. The van der Waals surface area contributed by atoms with Crippen LogP contribution in [0.25, 0.3) is 0 Å². The number of rotatable bonds is 7. The predicted molar refractivity (Wildman–Crippen MR) is 92.3 cm³/mol. The molecule has 0 radical (unpaired) electrons. The fraction of sp³-hybridized carbons (Fsp3) is 0.333. The number of imidazole rings is 1. The van der Waals surface area contributed by atoms with Crippen molar-refractivity contribution < 1.29 is 13.2 Å². The van der Waals surface area contributed by atoms with Crippen molar-refractivity contribution in [2.45, 2.75) is 18.4 Å². The first kappa shape index (κ1) is 18.0. The number of nitrogens with one attached hydrogen (secondary N) is 2. The zero-order valence-corrected chi connectivity index (χ0v) is 14.7. The molecular weight excluding hydrogens is 330 g/mol. The monoisotopic (exact) mass is 351 g/mol. The van der Waals surface area contributed by atoms with Crippen molar-refractivity contribution in [2.75, 3.05) is 30.7 Å². The number of aromatic nitrogens is 2. The number of hydrogen-bond donors (Lipinski definition) is 2. The summed E-state index contributed by atoms with van der Waals surface area (Å²) >= 11 is 0. The van der Waals surface area contributed by atoms with Gasteiger partial charge in [-0.05, 0) is 38.4 Å². The fourth-order valence-electron chi connectivity index (χ4n) is 2.00. The number of sulfonamides is 1. The van der Waals surface area contributed by atoms with Crippen molar-refractivity contribution in [3.8, 4) is 0 Å². The van der Waals surface area contributed by atoms with Crippen LogP contribution in [0, 0.1) is 0 Å². The van der Waals surface area contributed by atoms with E-state index in [1.807, 2.05) is 19.0 Å². The van der Waals surface area contributed by atoms with Crippen molar-refractivity contribution in [1.29, 1.82) is 0 Å². The molecule has 9 heteroatoms. The Morgan fingerprint density at radius 3 is 2.50 bits per heavy atom. The Bertz CT molecular complexity index is 797. The summed E-state index contributed by atoms with van der Waals surface area (Å²) in [4.78, 5) is 17.2. The van der Waals surface area contributed by atoms with Gasteiger partial charge in [0.1, 0.15) is 0 Å². The molecule has 0 aliphatic rings. The van der Waals surface area contributed by atoms with Crippen LogP contribution < -0.4 is 10.0 Å². The first-order chi connectivity index (χ1) is 11.3. The SMILES string of the molecule is CC(=O)Nc1ccc(S(=O)(=O)Nc2nccn2CCN(C)C)cc1. The molecule has 0 unspecified atom stereocenters. The van der Waals surface area contributed by atoms with Gasteiger partial charge in [-0.1, -0.05) is 0 Å². The molecule has 1 amide bonds. The number of nitrogens with zero attached hydrogens (tertiary/aromatic N) is 3. The topological polar surface area (TPSA) is 96.3 Å². The van der Waals surface area contributed by atoms with Gasteiger partial charge in [0.2, 0.25) is 11.9 Å². The Balaban J connectivity index is 2.14. The first-order valence-electron chi connectivity index (χ1n) is 7.34. The highest BCUT2D eigenvalue weighted by atomic mass is 32.2. The third-order valence-electron chi connectivity index (χ3n) is 3.21. The van der Waals surface area contributed by atoms with E-state index in [1.165, 1.54) is 31.2 Å². The van der Waals surface area contributed by atoms with Gasteiger partial charge in [0.25, 0.3) is 10.0 Å². The van der Waals surface area contributed by atoms with Gasteiger partial charge in [-0.2, -0.15) is 0 Å². The van der Waals surface area contributed by atoms with E-state index < -0.39 is 10.0 Å². The number of amides is 1. The second-order valence-corrected chi connectivity index (χ2v) is 7.24. The molecule has 0 saturated heterocycles.